The Morgan fingerprint density at radius 3 is 2.70 bits per heavy atom. The van der Waals surface area contributed by atoms with Crippen molar-refractivity contribution in [2.75, 3.05) is 13.2 Å². The molecule has 0 aliphatic rings. The molecule has 0 amide bonds. The number of unbranched alkanes of at least 4 members (excludes halogenated alkanes) is 3. The Hall–Kier alpha value is -3.10. The highest BCUT2D eigenvalue weighted by Gasteiger charge is 2.15. The Morgan fingerprint density at radius 1 is 1.11 bits per heavy atom. The molecule has 0 spiro atoms. The Labute approximate surface area is 229 Å². The van der Waals surface area contributed by atoms with Crippen molar-refractivity contribution in [2.45, 2.75) is 39.5 Å². The van der Waals surface area contributed by atoms with Crippen LogP contribution in [0.15, 0.2) is 61.1 Å². The highest BCUT2D eigenvalue weighted by atomic mass is 79.9. The molecule has 0 fully saturated rings. The Morgan fingerprint density at radius 2 is 1.89 bits per heavy atom. The van der Waals surface area contributed by atoms with Gasteiger partial charge in [0.05, 0.1) is 27.4 Å². The van der Waals surface area contributed by atoms with Crippen LogP contribution in [-0.4, -0.2) is 29.1 Å². The number of benzene rings is 2. The van der Waals surface area contributed by atoms with Crippen molar-refractivity contribution in [1.29, 1.82) is 0 Å². The van der Waals surface area contributed by atoms with Gasteiger partial charge in [0.25, 0.3) is 0 Å². The Bertz CT molecular complexity index is 1480. The van der Waals surface area contributed by atoms with E-state index in [-0.39, 0.29) is 5.63 Å². The molecule has 0 aliphatic heterocycles. The van der Waals surface area contributed by atoms with Crippen molar-refractivity contribution in [3.05, 3.63) is 79.2 Å². The molecular formula is C28H29BrClN3O4. The smallest absolute Gasteiger partial charge is 0.336 e. The zero-order valence-electron chi connectivity index (χ0n) is 21.1. The molecule has 0 N–H and O–H groups in total. The number of hydrogen-bond donors (Lipinski definition) is 0. The number of ether oxygens (including phenoxy) is 2. The summed E-state index contributed by atoms with van der Waals surface area (Å²) in [6.07, 6.45) is 5.75. The number of hydrogen-bond acceptors (Lipinski definition) is 6. The summed E-state index contributed by atoms with van der Waals surface area (Å²) in [6, 6.07) is 12.6. The SMILES string of the molecule is Cc1nn(C)c(Oc2ccccc2Br)c1C=NCCCCCCOc1cc2oc(=O)cc(C)c2cc1Cl. The number of fused-ring (bicyclic) bond motifs is 1. The van der Waals surface area contributed by atoms with Crippen LogP contribution in [0.5, 0.6) is 17.4 Å². The van der Waals surface area contributed by atoms with Crippen LogP contribution in [0, 0.1) is 13.8 Å². The molecule has 2 aromatic heterocycles. The van der Waals surface area contributed by atoms with E-state index < -0.39 is 0 Å². The third-order valence-corrected chi connectivity index (χ3v) is 6.87. The third kappa shape index (κ3) is 6.81. The van der Waals surface area contributed by atoms with Crippen LogP contribution in [-0.2, 0) is 7.05 Å². The second-order valence-electron chi connectivity index (χ2n) is 8.79. The van der Waals surface area contributed by atoms with E-state index in [0.717, 1.165) is 64.7 Å². The highest BCUT2D eigenvalue weighted by molar-refractivity contribution is 9.10. The van der Waals surface area contributed by atoms with Crippen LogP contribution in [0.25, 0.3) is 11.0 Å². The molecule has 2 heterocycles. The van der Waals surface area contributed by atoms with Gasteiger partial charge < -0.3 is 13.9 Å². The normalized spacial score (nSPS) is 11.5. The van der Waals surface area contributed by atoms with Crippen molar-refractivity contribution >= 4 is 44.7 Å². The van der Waals surface area contributed by atoms with Gasteiger partial charge >= 0.3 is 5.63 Å². The van der Waals surface area contributed by atoms with E-state index >= 15 is 0 Å². The first kappa shape index (κ1) is 26.9. The number of rotatable bonds is 11. The van der Waals surface area contributed by atoms with Crippen LogP contribution < -0.4 is 15.1 Å². The standard InChI is InChI=1S/C28H29BrClN3O4/c1-18-14-27(34)36-25-16-26(23(30)15-20(18)25)35-13-9-5-4-8-12-31-17-21-19(2)32-33(3)28(21)37-24-11-7-6-10-22(24)29/h6-7,10-11,14-17H,4-5,8-9,12-13H2,1-3H3. The summed E-state index contributed by atoms with van der Waals surface area (Å²) in [5.74, 6) is 1.92. The van der Waals surface area contributed by atoms with Crippen molar-refractivity contribution < 1.29 is 13.9 Å². The molecule has 0 saturated carbocycles. The maximum atomic E-state index is 11.6. The van der Waals surface area contributed by atoms with E-state index in [1.165, 1.54) is 6.07 Å². The van der Waals surface area contributed by atoms with Crippen molar-refractivity contribution in [3.8, 4) is 17.4 Å². The van der Waals surface area contributed by atoms with Crippen LogP contribution in [0.3, 0.4) is 0 Å². The monoisotopic (exact) mass is 585 g/mol. The molecule has 0 radical (unpaired) electrons. The minimum absolute atomic E-state index is 0.382. The molecule has 2 aromatic carbocycles. The maximum absolute atomic E-state index is 11.6. The predicted octanol–water partition coefficient (Wildman–Crippen LogP) is 7.41. The van der Waals surface area contributed by atoms with Crippen LogP contribution in [0.2, 0.25) is 5.02 Å². The molecule has 0 aliphatic carbocycles. The molecule has 0 bridgehead atoms. The van der Waals surface area contributed by atoms with E-state index in [1.807, 2.05) is 51.4 Å². The van der Waals surface area contributed by atoms with Gasteiger partial charge in [-0.25, -0.2) is 9.48 Å². The molecule has 4 aromatic rings. The maximum Gasteiger partial charge on any atom is 0.336 e. The van der Waals surface area contributed by atoms with Crippen LogP contribution >= 0.6 is 27.5 Å². The topological polar surface area (TPSA) is 78.8 Å². The predicted molar refractivity (Wildman–Crippen MR) is 151 cm³/mol. The molecule has 0 unspecified atom stereocenters. The van der Waals surface area contributed by atoms with Crippen molar-refractivity contribution in [1.82, 2.24) is 9.78 Å². The van der Waals surface area contributed by atoms with E-state index in [9.17, 15) is 4.79 Å². The first-order chi connectivity index (χ1) is 17.8. The largest absolute Gasteiger partial charge is 0.492 e. The van der Waals surface area contributed by atoms with Gasteiger partial charge in [0, 0.05) is 37.3 Å². The fourth-order valence-corrected chi connectivity index (χ4v) is 4.57. The Balaban J connectivity index is 1.22. The van der Waals surface area contributed by atoms with Crippen molar-refractivity contribution in [3.63, 3.8) is 0 Å². The first-order valence-electron chi connectivity index (χ1n) is 12.2. The number of para-hydroxylation sites is 1. The number of nitrogens with zero attached hydrogens (tertiary/aromatic N) is 3. The van der Waals surface area contributed by atoms with E-state index in [2.05, 4.69) is 26.0 Å². The lowest BCUT2D eigenvalue weighted by Crippen LogP contribution is -2.01. The number of halogens is 2. The number of aliphatic imine (C=N–C) groups is 1. The summed E-state index contributed by atoms with van der Waals surface area (Å²) < 4.78 is 19.8. The lowest BCUT2D eigenvalue weighted by Gasteiger charge is -2.10. The molecule has 9 heteroatoms. The van der Waals surface area contributed by atoms with Gasteiger partial charge in [-0.3, -0.25) is 4.99 Å². The number of aromatic nitrogens is 2. The van der Waals surface area contributed by atoms with E-state index in [1.54, 1.807) is 16.8 Å². The van der Waals surface area contributed by atoms with Crippen LogP contribution in [0.1, 0.15) is 42.5 Å². The zero-order chi connectivity index (χ0) is 26.4. The minimum Gasteiger partial charge on any atom is -0.492 e. The second kappa shape index (κ2) is 12.4. The summed E-state index contributed by atoms with van der Waals surface area (Å²) in [5.41, 5.74) is 2.68. The summed E-state index contributed by atoms with van der Waals surface area (Å²) in [5, 5.41) is 5.80. The zero-order valence-corrected chi connectivity index (χ0v) is 23.4. The molecule has 4 rings (SSSR count). The van der Waals surface area contributed by atoms with E-state index in [4.69, 9.17) is 25.5 Å². The average molecular weight is 587 g/mol. The van der Waals surface area contributed by atoms with Gasteiger partial charge in [-0.05, 0) is 72.8 Å². The summed E-state index contributed by atoms with van der Waals surface area (Å²) in [7, 11) is 1.86. The third-order valence-electron chi connectivity index (χ3n) is 5.92. The summed E-state index contributed by atoms with van der Waals surface area (Å²) in [4.78, 5) is 16.3. The van der Waals surface area contributed by atoms with Gasteiger partial charge in [0.1, 0.15) is 17.1 Å². The van der Waals surface area contributed by atoms with Gasteiger partial charge in [-0.2, -0.15) is 5.10 Å². The quantitative estimate of drug-likeness (QED) is 0.104. The lowest BCUT2D eigenvalue weighted by molar-refractivity contribution is 0.305. The van der Waals surface area contributed by atoms with Crippen LogP contribution in [0.4, 0.5) is 0 Å². The fourth-order valence-electron chi connectivity index (χ4n) is 3.98. The highest BCUT2D eigenvalue weighted by Crippen LogP contribution is 2.32. The van der Waals surface area contributed by atoms with Gasteiger partial charge in [0.2, 0.25) is 5.88 Å². The summed E-state index contributed by atoms with van der Waals surface area (Å²) >= 11 is 9.88. The molecule has 7 nitrogen and oxygen atoms in total. The Kier molecular flexibility index (Phi) is 9.05. The molecular weight excluding hydrogens is 558 g/mol. The minimum atomic E-state index is -0.382. The summed E-state index contributed by atoms with van der Waals surface area (Å²) in [6.45, 7) is 5.06. The molecule has 0 saturated heterocycles. The lowest BCUT2D eigenvalue weighted by atomic mass is 10.1. The van der Waals surface area contributed by atoms with Gasteiger partial charge in [-0.1, -0.05) is 30.2 Å². The van der Waals surface area contributed by atoms with Gasteiger partial charge in [0.15, 0.2) is 0 Å². The molecule has 37 heavy (non-hydrogen) atoms. The van der Waals surface area contributed by atoms with Crippen molar-refractivity contribution in [2.24, 2.45) is 12.0 Å². The number of aryl methyl sites for hydroxylation is 3. The first-order valence-corrected chi connectivity index (χ1v) is 13.3. The van der Waals surface area contributed by atoms with Gasteiger partial charge in [-0.15, -0.1) is 0 Å². The fraction of sp³-hybridized carbons (Fsp3) is 0.321. The molecule has 194 valence electrons. The average Bonchev–Trinajstić information content (AvgIpc) is 3.12. The van der Waals surface area contributed by atoms with E-state index in [0.29, 0.717) is 28.8 Å². The second-order valence-corrected chi connectivity index (χ2v) is 10.0. The molecule has 0 atom stereocenters.